The molecule has 1 N–H and O–H groups in total. The number of benzene rings is 2. The Bertz CT molecular complexity index is 1120. The summed E-state index contributed by atoms with van der Waals surface area (Å²) in [5.41, 5.74) is 2.46. The van der Waals surface area contributed by atoms with Crippen LogP contribution in [0.1, 0.15) is 10.4 Å². The van der Waals surface area contributed by atoms with Crippen molar-refractivity contribution in [3.63, 3.8) is 0 Å². The fraction of sp³-hybridized carbons (Fsp3) is 0.0500. The topological polar surface area (TPSA) is 77.3 Å². The lowest BCUT2D eigenvalue weighted by atomic mass is 10.1. The molecule has 0 aliphatic rings. The number of aromatic nitrogens is 2. The second-order valence-electron chi connectivity index (χ2n) is 5.95. The predicted octanol–water partition coefficient (Wildman–Crippen LogP) is 5.04. The second-order valence-corrected chi connectivity index (χ2v) is 5.95. The molecule has 0 bridgehead atoms. The van der Waals surface area contributed by atoms with Gasteiger partial charge in [-0.2, -0.15) is 4.98 Å². The van der Waals surface area contributed by atoms with Crippen LogP contribution in [0, 0.1) is 0 Å². The van der Waals surface area contributed by atoms with E-state index in [1.54, 1.807) is 42.6 Å². The van der Waals surface area contributed by atoms with Crippen molar-refractivity contribution in [1.82, 2.24) is 9.97 Å². The van der Waals surface area contributed by atoms with Gasteiger partial charge in [-0.1, -0.05) is 0 Å². The van der Waals surface area contributed by atoms with Gasteiger partial charge in [-0.05, 0) is 60.7 Å². The van der Waals surface area contributed by atoms with Gasteiger partial charge in [0, 0.05) is 23.0 Å². The molecule has 0 saturated heterocycles. The molecule has 0 spiro atoms. The first-order valence-corrected chi connectivity index (χ1v) is 8.36. The number of nitrogens with one attached hydrogen (secondary N) is 1. The summed E-state index contributed by atoms with van der Waals surface area (Å²) in [5, 5.41) is 2.67. The van der Waals surface area contributed by atoms with Crippen molar-refractivity contribution in [2.45, 2.75) is 6.36 Å². The van der Waals surface area contributed by atoms with Crippen molar-refractivity contribution in [3.8, 4) is 17.2 Å². The quantitative estimate of drug-likeness (QED) is 0.520. The molecule has 0 saturated carbocycles. The Kier molecular flexibility index (Phi) is 4.63. The molecular formula is C20H12F3N3O3. The number of carbonyl (C=O) groups excluding carboxylic acids is 1. The van der Waals surface area contributed by atoms with Crippen LogP contribution in [0.25, 0.3) is 22.7 Å². The van der Waals surface area contributed by atoms with Crippen molar-refractivity contribution in [3.05, 3.63) is 72.4 Å². The molecule has 0 unspecified atom stereocenters. The summed E-state index contributed by atoms with van der Waals surface area (Å²) < 4.78 is 46.0. The monoisotopic (exact) mass is 399 g/mol. The standard InChI is InChI=1S/C20H12F3N3O3/c21-20(22,23)29-15-9-5-12(6-10-15)18(27)25-14-7-3-13(4-8-14)19-26-17-16(28-19)2-1-11-24-17/h1-11H,(H,25,27). The molecule has 4 aromatic rings. The molecule has 0 radical (unpaired) electrons. The number of carbonyl (C=O) groups is 1. The Hall–Kier alpha value is -3.88. The van der Waals surface area contributed by atoms with Gasteiger partial charge in [0.1, 0.15) is 5.75 Å². The molecule has 6 nitrogen and oxygen atoms in total. The zero-order valence-electron chi connectivity index (χ0n) is 14.6. The number of fused-ring (bicyclic) bond motifs is 1. The lowest BCUT2D eigenvalue weighted by Crippen LogP contribution is -2.17. The van der Waals surface area contributed by atoms with Crippen LogP contribution < -0.4 is 10.1 Å². The highest BCUT2D eigenvalue weighted by molar-refractivity contribution is 6.04. The van der Waals surface area contributed by atoms with Crippen LogP contribution in [0.15, 0.2) is 71.3 Å². The summed E-state index contributed by atoms with van der Waals surface area (Å²) in [6, 6.07) is 14.9. The van der Waals surface area contributed by atoms with Gasteiger partial charge >= 0.3 is 6.36 Å². The van der Waals surface area contributed by atoms with Crippen molar-refractivity contribution >= 4 is 22.8 Å². The van der Waals surface area contributed by atoms with E-state index in [4.69, 9.17) is 4.42 Å². The van der Waals surface area contributed by atoms with Crippen LogP contribution in [-0.4, -0.2) is 22.2 Å². The summed E-state index contributed by atoms with van der Waals surface area (Å²) in [5.74, 6) is -0.467. The van der Waals surface area contributed by atoms with Gasteiger partial charge in [0.25, 0.3) is 5.91 Å². The highest BCUT2D eigenvalue weighted by Crippen LogP contribution is 2.25. The molecule has 0 fully saturated rings. The van der Waals surface area contributed by atoms with Crippen molar-refractivity contribution in [1.29, 1.82) is 0 Å². The highest BCUT2D eigenvalue weighted by atomic mass is 19.4. The van der Waals surface area contributed by atoms with E-state index in [0.717, 1.165) is 12.1 Å². The van der Waals surface area contributed by atoms with E-state index in [1.807, 2.05) is 0 Å². The molecule has 0 aliphatic heterocycles. The van der Waals surface area contributed by atoms with Crippen LogP contribution in [0.3, 0.4) is 0 Å². The first-order valence-electron chi connectivity index (χ1n) is 8.36. The number of hydrogen-bond acceptors (Lipinski definition) is 5. The highest BCUT2D eigenvalue weighted by Gasteiger charge is 2.31. The molecule has 2 aromatic carbocycles. The van der Waals surface area contributed by atoms with Gasteiger partial charge in [-0.25, -0.2) is 4.98 Å². The van der Waals surface area contributed by atoms with Gasteiger partial charge in [-0.3, -0.25) is 4.79 Å². The number of halogens is 3. The number of anilines is 1. The maximum absolute atomic E-state index is 12.3. The van der Waals surface area contributed by atoms with E-state index in [2.05, 4.69) is 20.0 Å². The zero-order valence-corrected chi connectivity index (χ0v) is 14.6. The molecule has 0 aliphatic carbocycles. The number of oxazole rings is 1. The Morgan fingerprint density at radius 1 is 1.00 bits per heavy atom. The van der Waals surface area contributed by atoms with Gasteiger partial charge in [0.05, 0.1) is 0 Å². The van der Waals surface area contributed by atoms with Crippen LogP contribution in [-0.2, 0) is 0 Å². The predicted molar refractivity (Wildman–Crippen MR) is 98.3 cm³/mol. The molecule has 0 atom stereocenters. The zero-order chi connectivity index (χ0) is 20.4. The fourth-order valence-corrected chi connectivity index (χ4v) is 2.60. The third-order valence-corrected chi connectivity index (χ3v) is 3.90. The maximum Gasteiger partial charge on any atom is 0.573 e. The minimum Gasteiger partial charge on any atom is -0.434 e. The van der Waals surface area contributed by atoms with Crippen LogP contribution >= 0.6 is 0 Å². The normalized spacial score (nSPS) is 11.4. The van der Waals surface area contributed by atoms with Gasteiger partial charge < -0.3 is 14.5 Å². The first-order chi connectivity index (χ1) is 13.9. The lowest BCUT2D eigenvalue weighted by molar-refractivity contribution is -0.274. The van der Waals surface area contributed by atoms with E-state index in [9.17, 15) is 18.0 Å². The molecule has 4 rings (SSSR count). The molecule has 1 amide bonds. The van der Waals surface area contributed by atoms with Crippen LogP contribution in [0.4, 0.5) is 18.9 Å². The average Bonchev–Trinajstić information content (AvgIpc) is 3.12. The van der Waals surface area contributed by atoms with Gasteiger partial charge in [-0.15, -0.1) is 13.2 Å². The number of nitrogens with zero attached hydrogens (tertiary/aromatic N) is 2. The number of hydrogen-bond donors (Lipinski definition) is 1. The van der Waals surface area contributed by atoms with E-state index in [0.29, 0.717) is 28.4 Å². The van der Waals surface area contributed by atoms with E-state index in [1.165, 1.54) is 12.1 Å². The molecule has 2 aromatic heterocycles. The maximum atomic E-state index is 12.3. The summed E-state index contributed by atoms with van der Waals surface area (Å²) in [7, 11) is 0. The summed E-state index contributed by atoms with van der Waals surface area (Å²) in [6.07, 6.45) is -3.16. The molecule has 146 valence electrons. The summed E-state index contributed by atoms with van der Waals surface area (Å²) in [6.45, 7) is 0. The average molecular weight is 399 g/mol. The van der Waals surface area contributed by atoms with E-state index >= 15 is 0 Å². The third kappa shape index (κ3) is 4.34. The van der Waals surface area contributed by atoms with Crippen LogP contribution in [0.2, 0.25) is 0 Å². The lowest BCUT2D eigenvalue weighted by Gasteiger charge is -2.09. The molecular weight excluding hydrogens is 387 g/mol. The largest absolute Gasteiger partial charge is 0.573 e. The number of ether oxygens (including phenoxy) is 1. The SMILES string of the molecule is O=C(Nc1ccc(-c2nc3ncccc3o2)cc1)c1ccc(OC(F)(F)F)cc1. The fourth-order valence-electron chi connectivity index (χ4n) is 2.60. The van der Waals surface area contributed by atoms with Crippen molar-refractivity contribution in [2.75, 3.05) is 5.32 Å². The number of alkyl halides is 3. The van der Waals surface area contributed by atoms with Crippen molar-refractivity contribution in [2.24, 2.45) is 0 Å². The summed E-state index contributed by atoms with van der Waals surface area (Å²) in [4.78, 5) is 20.7. The van der Waals surface area contributed by atoms with Crippen LogP contribution in [0.5, 0.6) is 5.75 Å². The Labute approximate surface area is 162 Å². The summed E-state index contributed by atoms with van der Waals surface area (Å²) >= 11 is 0. The van der Waals surface area contributed by atoms with Crippen molar-refractivity contribution < 1.29 is 27.1 Å². The Balaban J connectivity index is 1.45. The third-order valence-electron chi connectivity index (χ3n) is 3.90. The smallest absolute Gasteiger partial charge is 0.434 e. The minimum absolute atomic E-state index is 0.189. The Morgan fingerprint density at radius 2 is 1.72 bits per heavy atom. The molecule has 9 heteroatoms. The number of pyridine rings is 1. The second kappa shape index (κ2) is 7.27. The van der Waals surface area contributed by atoms with E-state index in [-0.39, 0.29) is 5.56 Å². The number of amides is 1. The van der Waals surface area contributed by atoms with Gasteiger partial charge in [0.2, 0.25) is 5.89 Å². The number of rotatable bonds is 4. The first kappa shape index (κ1) is 18.5. The van der Waals surface area contributed by atoms with Gasteiger partial charge in [0.15, 0.2) is 11.2 Å². The minimum atomic E-state index is -4.78. The molecule has 2 heterocycles. The van der Waals surface area contributed by atoms with E-state index < -0.39 is 18.0 Å². The molecule has 29 heavy (non-hydrogen) atoms. The Morgan fingerprint density at radius 3 is 2.38 bits per heavy atom.